The summed E-state index contributed by atoms with van der Waals surface area (Å²) in [6.45, 7) is 4.19. The number of amidine groups is 1. The summed E-state index contributed by atoms with van der Waals surface area (Å²) in [4.78, 5) is 4.55. The molecule has 1 aliphatic carbocycles. The molecule has 1 saturated carbocycles. The predicted molar refractivity (Wildman–Crippen MR) is 80.1 cm³/mol. The van der Waals surface area contributed by atoms with Gasteiger partial charge in [0.05, 0.1) is 11.8 Å². The summed E-state index contributed by atoms with van der Waals surface area (Å²) in [5.41, 5.74) is 6.99. The molecule has 1 aliphatic rings. The van der Waals surface area contributed by atoms with Crippen molar-refractivity contribution in [3.63, 3.8) is 0 Å². The largest absolute Gasteiger partial charge is 0.491 e. The van der Waals surface area contributed by atoms with Crippen LogP contribution in [-0.4, -0.2) is 11.9 Å². The number of hydrogen-bond donors (Lipinski definition) is 1. The van der Waals surface area contributed by atoms with Crippen LogP contribution in [0.1, 0.15) is 46.0 Å². The molecule has 2 rings (SSSR count). The van der Waals surface area contributed by atoms with Gasteiger partial charge in [0, 0.05) is 12.0 Å². The van der Waals surface area contributed by atoms with Crippen molar-refractivity contribution in [2.75, 3.05) is 0 Å². The van der Waals surface area contributed by atoms with Crippen molar-refractivity contribution in [2.24, 2.45) is 16.6 Å². The molecule has 0 bridgehead atoms. The van der Waals surface area contributed by atoms with Crippen molar-refractivity contribution in [1.29, 1.82) is 0 Å². The minimum Gasteiger partial charge on any atom is -0.491 e. The zero-order valence-electron chi connectivity index (χ0n) is 11.9. The van der Waals surface area contributed by atoms with Crippen LogP contribution in [0.25, 0.3) is 0 Å². The molecular weight excluding hydrogens is 236 g/mol. The van der Waals surface area contributed by atoms with E-state index in [1.54, 1.807) is 0 Å². The summed E-state index contributed by atoms with van der Waals surface area (Å²) >= 11 is 0. The van der Waals surface area contributed by atoms with Crippen molar-refractivity contribution in [3.8, 4) is 5.75 Å². The highest BCUT2D eigenvalue weighted by Gasteiger charge is 2.18. The lowest BCUT2D eigenvalue weighted by Crippen LogP contribution is -2.20. The van der Waals surface area contributed by atoms with E-state index in [9.17, 15) is 0 Å². The quantitative estimate of drug-likeness (QED) is 0.641. The average Bonchev–Trinajstić information content (AvgIpc) is 2.93. The molecule has 2 N–H and O–H groups in total. The van der Waals surface area contributed by atoms with E-state index in [2.05, 4.69) is 18.8 Å². The third kappa shape index (κ3) is 3.98. The minimum absolute atomic E-state index is 0.228. The van der Waals surface area contributed by atoms with E-state index in [0.29, 0.717) is 5.92 Å². The summed E-state index contributed by atoms with van der Waals surface area (Å²) in [7, 11) is 0. The molecule has 1 aromatic carbocycles. The number of nitrogens with zero attached hydrogens (tertiary/aromatic N) is 1. The lowest BCUT2D eigenvalue weighted by atomic mass is 10.1. The van der Waals surface area contributed by atoms with Crippen LogP contribution in [0.5, 0.6) is 5.75 Å². The van der Waals surface area contributed by atoms with Crippen LogP contribution in [0.4, 0.5) is 5.69 Å². The van der Waals surface area contributed by atoms with Crippen LogP contribution in [0.3, 0.4) is 0 Å². The Morgan fingerprint density at radius 3 is 2.84 bits per heavy atom. The van der Waals surface area contributed by atoms with Gasteiger partial charge in [-0.2, -0.15) is 0 Å². The van der Waals surface area contributed by atoms with Gasteiger partial charge in [-0.15, -0.1) is 0 Å². The van der Waals surface area contributed by atoms with E-state index in [0.717, 1.165) is 23.7 Å². The molecule has 1 aromatic rings. The van der Waals surface area contributed by atoms with Gasteiger partial charge in [-0.1, -0.05) is 25.8 Å². The van der Waals surface area contributed by atoms with Gasteiger partial charge < -0.3 is 10.5 Å². The second-order valence-corrected chi connectivity index (χ2v) is 5.35. The molecule has 0 radical (unpaired) electrons. The van der Waals surface area contributed by atoms with Gasteiger partial charge >= 0.3 is 0 Å². The topological polar surface area (TPSA) is 47.6 Å². The first kappa shape index (κ1) is 13.9. The molecule has 0 spiro atoms. The van der Waals surface area contributed by atoms with E-state index in [1.165, 1.54) is 25.7 Å². The van der Waals surface area contributed by atoms with Crippen molar-refractivity contribution in [2.45, 2.75) is 52.1 Å². The second kappa shape index (κ2) is 6.60. The molecule has 0 aliphatic heterocycles. The standard InChI is InChI=1S/C16H24N2O/c1-3-12(2)19-15-10-6-9-14(11-15)18-16(17)13-7-4-5-8-13/h6,9-13H,3-5,7-8H2,1-2H3,(H2,17,18). The van der Waals surface area contributed by atoms with Gasteiger partial charge in [-0.25, -0.2) is 4.99 Å². The molecule has 1 atom stereocenters. The van der Waals surface area contributed by atoms with E-state index in [-0.39, 0.29) is 6.10 Å². The number of aliphatic imine (C=N–C) groups is 1. The van der Waals surface area contributed by atoms with Gasteiger partial charge in [0.1, 0.15) is 11.6 Å². The summed E-state index contributed by atoms with van der Waals surface area (Å²) in [6, 6.07) is 7.88. The highest BCUT2D eigenvalue weighted by Crippen LogP contribution is 2.27. The van der Waals surface area contributed by atoms with Gasteiger partial charge in [0.15, 0.2) is 0 Å². The maximum Gasteiger partial charge on any atom is 0.121 e. The lowest BCUT2D eigenvalue weighted by Gasteiger charge is -2.13. The molecule has 0 amide bonds. The molecule has 0 saturated heterocycles. The minimum atomic E-state index is 0.228. The Morgan fingerprint density at radius 1 is 1.42 bits per heavy atom. The Morgan fingerprint density at radius 2 is 2.16 bits per heavy atom. The smallest absolute Gasteiger partial charge is 0.121 e. The first-order chi connectivity index (χ1) is 9.19. The summed E-state index contributed by atoms with van der Waals surface area (Å²) in [6.07, 6.45) is 6.14. The molecule has 0 heterocycles. The molecule has 0 aromatic heterocycles. The third-order valence-corrected chi connectivity index (χ3v) is 3.76. The molecule has 3 heteroatoms. The number of nitrogens with two attached hydrogens (primary N) is 1. The Kier molecular flexibility index (Phi) is 4.83. The fourth-order valence-electron chi connectivity index (χ4n) is 2.40. The fraction of sp³-hybridized carbons (Fsp3) is 0.562. The number of ether oxygens (including phenoxy) is 1. The molecule has 1 unspecified atom stereocenters. The normalized spacial score (nSPS) is 18.5. The maximum atomic E-state index is 6.10. The lowest BCUT2D eigenvalue weighted by molar-refractivity contribution is 0.217. The van der Waals surface area contributed by atoms with Crippen LogP contribution < -0.4 is 10.5 Å². The summed E-state index contributed by atoms with van der Waals surface area (Å²) < 4.78 is 5.80. The molecule has 19 heavy (non-hydrogen) atoms. The monoisotopic (exact) mass is 260 g/mol. The van der Waals surface area contributed by atoms with Gasteiger partial charge in [-0.3, -0.25) is 0 Å². The third-order valence-electron chi connectivity index (χ3n) is 3.76. The van der Waals surface area contributed by atoms with Crippen molar-refractivity contribution in [1.82, 2.24) is 0 Å². The van der Waals surface area contributed by atoms with E-state index < -0.39 is 0 Å². The Bertz CT molecular complexity index is 436. The van der Waals surface area contributed by atoms with Crippen LogP contribution in [0, 0.1) is 5.92 Å². The number of benzene rings is 1. The Labute approximate surface area is 115 Å². The summed E-state index contributed by atoms with van der Waals surface area (Å²) in [5.74, 6) is 2.12. The van der Waals surface area contributed by atoms with Crippen molar-refractivity contribution < 1.29 is 4.74 Å². The highest BCUT2D eigenvalue weighted by molar-refractivity contribution is 5.85. The van der Waals surface area contributed by atoms with Crippen LogP contribution in [0.15, 0.2) is 29.3 Å². The molecule has 104 valence electrons. The molecular formula is C16H24N2O. The molecule has 1 fully saturated rings. The zero-order valence-corrected chi connectivity index (χ0v) is 11.9. The van der Waals surface area contributed by atoms with E-state index in [1.807, 2.05) is 24.3 Å². The van der Waals surface area contributed by atoms with E-state index in [4.69, 9.17) is 10.5 Å². The second-order valence-electron chi connectivity index (χ2n) is 5.35. The van der Waals surface area contributed by atoms with Gasteiger partial charge in [0.2, 0.25) is 0 Å². The Hall–Kier alpha value is -1.51. The van der Waals surface area contributed by atoms with Crippen molar-refractivity contribution >= 4 is 11.5 Å². The van der Waals surface area contributed by atoms with Crippen LogP contribution in [0.2, 0.25) is 0 Å². The summed E-state index contributed by atoms with van der Waals surface area (Å²) in [5, 5.41) is 0. The van der Waals surface area contributed by atoms with Crippen molar-refractivity contribution in [3.05, 3.63) is 24.3 Å². The number of rotatable bonds is 5. The van der Waals surface area contributed by atoms with Crippen LogP contribution in [-0.2, 0) is 0 Å². The first-order valence-corrected chi connectivity index (χ1v) is 7.29. The zero-order chi connectivity index (χ0) is 13.7. The van der Waals surface area contributed by atoms with Crippen LogP contribution >= 0.6 is 0 Å². The highest BCUT2D eigenvalue weighted by atomic mass is 16.5. The van der Waals surface area contributed by atoms with Gasteiger partial charge in [-0.05, 0) is 38.3 Å². The first-order valence-electron chi connectivity index (χ1n) is 7.29. The fourth-order valence-corrected chi connectivity index (χ4v) is 2.40. The SMILES string of the molecule is CCC(C)Oc1cccc(N=C(N)C2CCCC2)c1. The molecule has 3 nitrogen and oxygen atoms in total. The Balaban J connectivity index is 2.07. The predicted octanol–water partition coefficient (Wildman–Crippen LogP) is 4.04. The number of hydrogen-bond acceptors (Lipinski definition) is 2. The average molecular weight is 260 g/mol. The van der Waals surface area contributed by atoms with Gasteiger partial charge in [0.25, 0.3) is 0 Å². The van der Waals surface area contributed by atoms with E-state index >= 15 is 0 Å². The maximum absolute atomic E-state index is 6.10.